The van der Waals surface area contributed by atoms with Crippen molar-refractivity contribution in [1.82, 2.24) is 0 Å². The van der Waals surface area contributed by atoms with Crippen molar-refractivity contribution < 1.29 is 14.3 Å². The van der Waals surface area contributed by atoms with Gasteiger partial charge in [0, 0.05) is 23.3 Å². The molecule has 0 fully saturated rings. The number of hydrogen-bond acceptors (Lipinski definition) is 4. The van der Waals surface area contributed by atoms with Crippen LogP contribution >= 0.6 is 0 Å². The molecule has 3 rings (SSSR count). The van der Waals surface area contributed by atoms with E-state index in [1.807, 2.05) is 30.3 Å². The molecule has 0 aliphatic rings. The van der Waals surface area contributed by atoms with Crippen molar-refractivity contribution in [2.24, 2.45) is 0 Å². The van der Waals surface area contributed by atoms with Crippen molar-refractivity contribution in [2.75, 3.05) is 0 Å². The lowest BCUT2D eigenvalue weighted by Gasteiger charge is -2.22. The Labute approximate surface area is 139 Å². The molecule has 24 heavy (non-hydrogen) atoms. The van der Waals surface area contributed by atoms with E-state index < -0.39 is 11.5 Å². The third-order valence-corrected chi connectivity index (χ3v) is 4.07. The zero-order valence-electron chi connectivity index (χ0n) is 13.3. The molecule has 3 aromatic rings. The highest BCUT2D eigenvalue weighted by atomic mass is 16.4. The van der Waals surface area contributed by atoms with Crippen LogP contribution in [-0.4, -0.2) is 5.78 Å². The third kappa shape index (κ3) is 3.23. The van der Waals surface area contributed by atoms with Crippen molar-refractivity contribution in [3.63, 3.8) is 0 Å². The predicted molar refractivity (Wildman–Crippen MR) is 90.1 cm³/mol. The van der Waals surface area contributed by atoms with Crippen LogP contribution < -0.4 is 10.7 Å². The zero-order valence-corrected chi connectivity index (χ0v) is 13.3. The summed E-state index contributed by atoms with van der Waals surface area (Å²) in [5.41, 5.74) is 0.655. The molecule has 1 unspecified atom stereocenters. The fourth-order valence-electron chi connectivity index (χ4n) is 3.01. The van der Waals surface area contributed by atoms with Crippen molar-refractivity contribution in [2.45, 2.75) is 25.7 Å². The number of rotatable bonds is 5. The Bertz CT molecular complexity index is 925. The van der Waals surface area contributed by atoms with Gasteiger partial charge in [0.05, 0.1) is 0 Å². The minimum atomic E-state index is -0.652. The Kier molecular flexibility index (Phi) is 4.47. The summed E-state index contributed by atoms with van der Waals surface area (Å²) in [4.78, 5) is 24.1. The van der Waals surface area contributed by atoms with Crippen LogP contribution in [0.2, 0.25) is 0 Å². The lowest BCUT2D eigenvalue weighted by Crippen LogP contribution is -2.20. The monoisotopic (exact) mass is 321 g/mol. The predicted octanol–water partition coefficient (Wildman–Crippen LogP) is 3.17. The molecule has 0 saturated heterocycles. The van der Waals surface area contributed by atoms with Gasteiger partial charge in [-0.05, 0) is 25.0 Å². The van der Waals surface area contributed by atoms with Gasteiger partial charge in [0.15, 0.2) is 0 Å². The zero-order chi connectivity index (χ0) is 17.1. The quantitative estimate of drug-likeness (QED) is 0.677. The molecule has 4 heteroatoms. The highest BCUT2D eigenvalue weighted by Gasteiger charge is 2.21. The molecule has 0 aliphatic heterocycles. The van der Waals surface area contributed by atoms with Gasteiger partial charge in [-0.25, -0.2) is 4.79 Å². The van der Waals surface area contributed by atoms with E-state index in [-0.39, 0.29) is 29.1 Å². The summed E-state index contributed by atoms with van der Waals surface area (Å²) in [5.74, 6) is -0.898. The topological polar surface area (TPSA) is 70.3 Å². The number of para-hydroxylation sites is 1. The normalized spacial score (nSPS) is 12.2. The molecule has 1 heterocycles. The molecular formula is C20H17O4-. The molecule has 0 bridgehead atoms. The van der Waals surface area contributed by atoms with Crippen molar-refractivity contribution in [1.29, 1.82) is 0 Å². The van der Waals surface area contributed by atoms with E-state index in [0.29, 0.717) is 11.8 Å². The summed E-state index contributed by atoms with van der Waals surface area (Å²) in [6.45, 7) is 1.46. The molecule has 0 aliphatic carbocycles. The van der Waals surface area contributed by atoms with Crippen molar-refractivity contribution >= 4 is 16.8 Å². The number of fused-ring (bicyclic) bond motifs is 1. The first-order valence-corrected chi connectivity index (χ1v) is 7.82. The average Bonchev–Trinajstić information content (AvgIpc) is 2.55. The van der Waals surface area contributed by atoms with E-state index in [0.717, 1.165) is 5.56 Å². The Hall–Kier alpha value is -2.88. The fraction of sp³-hybridized carbons (Fsp3) is 0.200. The summed E-state index contributed by atoms with van der Waals surface area (Å²) in [6, 6.07) is 16.2. The van der Waals surface area contributed by atoms with E-state index in [9.17, 15) is 14.7 Å². The SMILES string of the molecule is CC(=O)CC(Cc1ccccc1)c1c([O-])c2ccccc2oc1=O. The summed E-state index contributed by atoms with van der Waals surface area (Å²) in [6.07, 6.45) is 0.575. The maximum absolute atomic E-state index is 12.8. The molecule has 0 amide bonds. The van der Waals surface area contributed by atoms with Gasteiger partial charge in [0.1, 0.15) is 11.4 Å². The molecule has 0 saturated carbocycles. The van der Waals surface area contributed by atoms with Gasteiger partial charge in [-0.15, -0.1) is 0 Å². The Balaban J connectivity index is 2.12. The van der Waals surface area contributed by atoms with Crippen LogP contribution in [0.4, 0.5) is 0 Å². The van der Waals surface area contributed by atoms with Crippen LogP contribution in [0.3, 0.4) is 0 Å². The number of carbonyl (C=O) groups is 1. The first-order valence-electron chi connectivity index (χ1n) is 7.82. The Morgan fingerprint density at radius 2 is 1.75 bits per heavy atom. The molecule has 0 spiro atoms. The average molecular weight is 321 g/mol. The Morgan fingerprint density at radius 1 is 1.08 bits per heavy atom. The van der Waals surface area contributed by atoms with Crippen LogP contribution in [0, 0.1) is 0 Å². The second-order valence-corrected chi connectivity index (χ2v) is 5.92. The van der Waals surface area contributed by atoms with Crippen molar-refractivity contribution in [3.8, 4) is 5.75 Å². The maximum Gasteiger partial charge on any atom is 0.339 e. The molecule has 122 valence electrons. The van der Waals surface area contributed by atoms with Gasteiger partial charge in [-0.2, -0.15) is 0 Å². The first kappa shape index (κ1) is 16.0. The van der Waals surface area contributed by atoms with E-state index in [2.05, 4.69) is 0 Å². The van der Waals surface area contributed by atoms with E-state index >= 15 is 0 Å². The second-order valence-electron chi connectivity index (χ2n) is 5.92. The highest BCUT2D eigenvalue weighted by molar-refractivity contribution is 5.84. The third-order valence-electron chi connectivity index (χ3n) is 4.07. The van der Waals surface area contributed by atoms with Gasteiger partial charge in [0.2, 0.25) is 0 Å². The lowest BCUT2D eigenvalue weighted by atomic mass is 9.88. The molecule has 1 atom stereocenters. The number of benzene rings is 2. The van der Waals surface area contributed by atoms with Crippen LogP contribution in [0.25, 0.3) is 11.0 Å². The smallest absolute Gasteiger partial charge is 0.339 e. The van der Waals surface area contributed by atoms with E-state index in [4.69, 9.17) is 4.42 Å². The largest absolute Gasteiger partial charge is 0.872 e. The first-order chi connectivity index (χ1) is 11.6. The van der Waals surface area contributed by atoms with E-state index in [1.54, 1.807) is 24.3 Å². The van der Waals surface area contributed by atoms with Gasteiger partial charge < -0.3 is 14.3 Å². The molecule has 2 aromatic carbocycles. The van der Waals surface area contributed by atoms with Crippen LogP contribution in [0.1, 0.15) is 30.4 Å². The number of hydrogen-bond donors (Lipinski definition) is 0. The summed E-state index contributed by atoms with van der Waals surface area (Å²) < 4.78 is 5.31. The molecule has 4 nitrogen and oxygen atoms in total. The summed E-state index contributed by atoms with van der Waals surface area (Å²) >= 11 is 0. The number of carbonyl (C=O) groups excluding carboxylic acids is 1. The summed E-state index contributed by atoms with van der Waals surface area (Å²) in [5, 5.41) is 13.2. The van der Waals surface area contributed by atoms with Gasteiger partial charge in [-0.3, -0.25) is 0 Å². The van der Waals surface area contributed by atoms with E-state index in [1.165, 1.54) is 6.92 Å². The van der Waals surface area contributed by atoms with Crippen LogP contribution in [-0.2, 0) is 11.2 Å². The number of ketones is 1. The highest BCUT2D eigenvalue weighted by Crippen LogP contribution is 2.32. The molecular weight excluding hydrogens is 304 g/mol. The molecule has 0 radical (unpaired) electrons. The van der Waals surface area contributed by atoms with Gasteiger partial charge in [-0.1, -0.05) is 54.3 Å². The molecule has 1 aromatic heterocycles. The lowest BCUT2D eigenvalue weighted by molar-refractivity contribution is -0.267. The minimum Gasteiger partial charge on any atom is -0.872 e. The number of Topliss-reactive ketones (excluding diaryl/α,β-unsaturated/α-hetero) is 1. The standard InChI is InChI=1S/C20H18O4/c1-13(21)11-15(12-14-7-3-2-4-8-14)18-19(22)16-9-5-6-10-17(16)24-20(18)23/h2-10,15,22H,11-12H2,1H3/p-1. The Morgan fingerprint density at radius 3 is 2.46 bits per heavy atom. The van der Waals surface area contributed by atoms with Crippen LogP contribution in [0.15, 0.2) is 63.8 Å². The van der Waals surface area contributed by atoms with Gasteiger partial charge >= 0.3 is 5.63 Å². The van der Waals surface area contributed by atoms with Crippen molar-refractivity contribution in [3.05, 3.63) is 76.1 Å². The fourth-order valence-corrected chi connectivity index (χ4v) is 3.01. The molecule has 0 N–H and O–H groups in total. The van der Waals surface area contributed by atoms with Gasteiger partial charge in [0.25, 0.3) is 0 Å². The second kappa shape index (κ2) is 6.71. The minimum absolute atomic E-state index is 0.0627. The maximum atomic E-state index is 12.8. The van der Waals surface area contributed by atoms with Crippen LogP contribution in [0.5, 0.6) is 5.75 Å². The summed E-state index contributed by atoms with van der Waals surface area (Å²) in [7, 11) is 0.